The summed E-state index contributed by atoms with van der Waals surface area (Å²) in [6, 6.07) is -2.33. The van der Waals surface area contributed by atoms with Crippen LogP contribution in [0.4, 0.5) is 9.59 Å². The molecule has 10 heteroatoms. The van der Waals surface area contributed by atoms with E-state index in [1.54, 1.807) is 0 Å². The fourth-order valence-electron chi connectivity index (χ4n) is 1.54. The first-order valence-electron chi connectivity index (χ1n) is 6.19. The maximum absolute atomic E-state index is 11.9. The van der Waals surface area contributed by atoms with Crippen LogP contribution in [0.15, 0.2) is 0 Å². The largest absolute Gasteiger partial charge is 0.465 e. The lowest BCUT2D eigenvalue weighted by Gasteiger charge is -2.21. The van der Waals surface area contributed by atoms with Gasteiger partial charge < -0.3 is 31.9 Å². The first-order chi connectivity index (χ1) is 9.63. The van der Waals surface area contributed by atoms with Crippen LogP contribution < -0.4 is 21.7 Å². The second kappa shape index (κ2) is 8.61. The average molecular weight is 304 g/mol. The van der Waals surface area contributed by atoms with Gasteiger partial charge in [0, 0.05) is 0 Å². The van der Waals surface area contributed by atoms with Gasteiger partial charge in [-0.25, -0.2) is 9.59 Å². The Bertz CT molecular complexity index is 412. The highest BCUT2D eigenvalue weighted by Crippen LogP contribution is 2.04. The number of carboxylic acid groups (broad SMARTS) is 2. The van der Waals surface area contributed by atoms with Gasteiger partial charge in [0.2, 0.25) is 11.8 Å². The van der Waals surface area contributed by atoms with Gasteiger partial charge in [-0.3, -0.25) is 9.59 Å². The van der Waals surface area contributed by atoms with Gasteiger partial charge in [0.15, 0.2) is 0 Å². The lowest BCUT2D eigenvalue weighted by atomic mass is 10.0. The van der Waals surface area contributed by atoms with E-state index in [0.29, 0.717) is 0 Å². The summed E-state index contributed by atoms with van der Waals surface area (Å²) in [7, 11) is 0. The highest BCUT2D eigenvalue weighted by molar-refractivity contribution is 5.90. The fraction of sp³-hybridized carbons (Fsp3) is 0.636. The van der Waals surface area contributed by atoms with Crippen molar-refractivity contribution in [2.24, 2.45) is 11.7 Å². The number of primary amides is 1. The van der Waals surface area contributed by atoms with Crippen LogP contribution in [-0.2, 0) is 9.59 Å². The van der Waals surface area contributed by atoms with Crippen LogP contribution in [0.2, 0.25) is 0 Å². The summed E-state index contributed by atoms with van der Waals surface area (Å²) in [6.45, 7) is 3.17. The summed E-state index contributed by atoms with van der Waals surface area (Å²) in [6.07, 6.45) is -2.62. The quantitative estimate of drug-likeness (QED) is 0.332. The second-order valence-corrected chi connectivity index (χ2v) is 4.78. The van der Waals surface area contributed by atoms with Crippen LogP contribution >= 0.6 is 0 Å². The standard InChI is InChI=1S/C11H20N4O6/c1-5(2)3-6(8(12)16)14-9(17)7(15-11(20)21)4-13-10(18)19/h5-7,13,15H,3-4H2,1-2H3,(H2,12,16)(H,14,17)(H,18,19)(H,20,21). The Labute approximate surface area is 121 Å². The van der Waals surface area contributed by atoms with E-state index >= 15 is 0 Å². The van der Waals surface area contributed by atoms with Gasteiger partial charge in [-0.15, -0.1) is 0 Å². The number of carbonyl (C=O) groups is 4. The predicted octanol–water partition coefficient (Wildman–Crippen LogP) is -1.09. The summed E-state index contributed by atoms with van der Waals surface area (Å²) in [5, 5.41) is 23.2. The summed E-state index contributed by atoms with van der Waals surface area (Å²) in [5.74, 6) is -1.52. The van der Waals surface area contributed by atoms with Crippen LogP contribution in [0.3, 0.4) is 0 Å². The molecule has 4 amide bonds. The van der Waals surface area contributed by atoms with Gasteiger partial charge >= 0.3 is 12.2 Å². The van der Waals surface area contributed by atoms with E-state index in [4.69, 9.17) is 15.9 Å². The average Bonchev–Trinajstić information content (AvgIpc) is 2.32. The molecule has 2 atom stereocenters. The third-order valence-electron chi connectivity index (χ3n) is 2.44. The van der Waals surface area contributed by atoms with Gasteiger partial charge in [0.25, 0.3) is 0 Å². The molecule has 2 unspecified atom stereocenters. The van der Waals surface area contributed by atoms with E-state index in [1.165, 1.54) is 0 Å². The smallest absolute Gasteiger partial charge is 0.405 e. The number of hydrogen-bond acceptors (Lipinski definition) is 4. The molecule has 7 N–H and O–H groups in total. The number of amides is 4. The first kappa shape index (κ1) is 18.5. The van der Waals surface area contributed by atoms with E-state index in [2.05, 4.69) is 5.32 Å². The van der Waals surface area contributed by atoms with Crippen molar-refractivity contribution in [1.82, 2.24) is 16.0 Å². The molecular weight excluding hydrogens is 284 g/mol. The van der Waals surface area contributed by atoms with Crippen LogP contribution in [0, 0.1) is 5.92 Å². The molecule has 21 heavy (non-hydrogen) atoms. The molecule has 10 nitrogen and oxygen atoms in total. The molecule has 0 aliphatic rings. The maximum atomic E-state index is 11.9. The molecule has 0 rings (SSSR count). The number of hydrogen-bond donors (Lipinski definition) is 6. The molecule has 0 fully saturated rings. The third-order valence-corrected chi connectivity index (χ3v) is 2.44. The maximum Gasteiger partial charge on any atom is 0.405 e. The molecule has 0 aliphatic heterocycles. The summed E-state index contributed by atoms with van der Waals surface area (Å²) < 4.78 is 0. The van der Waals surface area contributed by atoms with E-state index in [9.17, 15) is 19.2 Å². The number of carbonyl (C=O) groups excluding carboxylic acids is 2. The van der Waals surface area contributed by atoms with Gasteiger partial charge in [-0.1, -0.05) is 13.8 Å². The van der Waals surface area contributed by atoms with Crippen LogP contribution in [-0.4, -0.2) is 52.8 Å². The van der Waals surface area contributed by atoms with Crippen molar-refractivity contribution in [2.45, 2.75) is 32.4 Å². The van der Waals surface area contributed by atoms with E-state index in [1.807, 2.05) is 24.5 Å². The van der Waals surface area contributed by atoms with Crippen molar-refractivity contribution in [3.05, 3.63) is 0 Å². The molecule has 0 aromatic carbocycles. The van der Waals surface area contributed by atoms with Crippen molar-refractivity contribution in [3.63, 3.8) is 0 Å². The van der Waals surface area contributed by atoms with Gasteiger partial charge in [0.05, 0.1) is 6.54 Å². The molecule has 0 aliphatic carbocycles. The summed E-state index contributed by atoms with van der Waals surface area (Å²) in [5.41, 5.74) is 5.16. The molecular formula is C11H20N4O6. The van der Waals surface area contributed by atoms with Gasteiger partial charge in [-0.2, -0.15) is 0 Å². The monoisotopic (exact) mass is 304 g/mol. The van der Waals surface area contributed by atoms with Crippen LogP contribution in [0.1, 0.15) is 20.3 Å². The summed E-state index contributed by atoms with van der Waals surface area (Å²) >= 11 is 0. The minimum atomic E-state index is -1.50. The summed E-state index contributed by atoms with van der Waals surface area (Å²) in [4.78, 5) is 44.1. The van der Waals surface area contributed by atoms with Crippen molar-refractivity contribution < 1.29 is 29.4 Å². The molecule has 0 heterocycles. The SMILES string of the molecule is CC(C)CC(NC(=O)C(CNC(=O)O)NC(=O)O)C(N)=O. The molecule has 0 radical (unpaired) electrons. The Balaban J connectivity index is 4.79. The van der Waals surface area contributed by atoms with E-state index < -0.39 is 42.6 Å². The minimum Gasteiger partial charge on any atom is -0.465 e. The van der Waals surface area contributed by atoms with Crippen LogP contribution in [0.5, 0.6) is 0 Å². The topological polar surface area (TPSA) is 171 Å². The Morgan fingerprint density at radius 2 is 1.57 bits per heavy atom. The molecule has 0 aromatic rings. The van der Waals surface area contributed by atoms with E-state index in [-0.39, 0.29) is 12.3 Å². The second-order valence-electron chi connectivity index (χ2n) is 4.78. The zero-order chi connectivity index (χ0) is 16.6. The van der Waals surface area contributed by atoms with Crippen molar-refractivity contribution >= 4 is 24.0 Å². The van der Waals surface area contributed by atoms with Crippen molar-refractivity contribution in [1.29, 1.82) is 0 Å². The third kappa shape index (κ3) is 8.29. The molecule has 120 valence electrons. The number of nitrogens with two attached hydrogens (primary N) is 1. The molecule has 0 spiro atoms. The van der Waals surface area contributed by atoms with Crippen molar-refractivity contribution in [3.8, 4) is 0 Å². The van der Waals surface area contributed by atoms with Gasteiger partial charge in [-0.05, 0) is 12.3 Å². The predicted molar refractivity (Wildman–Crippen MR) is 71.6 cm³/mol. The normalized spacial score (nSPS) is 13.1. The Morgan fingerprint density at radius 3 is 1.95 bits per heavy atom. The van der Waals surface area contributed by atoms with E-state index in [0.717, 1.165) is 0 Å². The zero-order valence-electron chi connectivity index (χ0n) is 11.8. The van der Waals surface area contributed by atoms with Crippen molar-refractivity contribution in [2.75, 3.05) is 6.54 Å². The Morgan fingerprint density at radius 1 is 1.00 bits per heavy atom. The Hall–Kier alpha value is -2.52. The number of rotatable bonds is 8. The lowest BCUT2D eigenvalue weighted by Crippen LogP contribution is -2.56. The first-order valence-corrected chi connectivity index (χ1v) is 6.19. The molecule has 0 bridgehead atoms. The zero-order valence-corrected chi connectivity index (χ0v) is 11.8. The molecule has 0 saturated carbocycles. The fourth-order valence-corrected chi connectivity index (χ4v) is 1.54. The highest BCUT2D eigenvalue weighted by Gasteiger charge is 2.26. The lowest BCUT2D eigenvalue weighted by molar-refractivity contribution is -0.128. The Kier molecular flexibility index (Phi) is 7.58. The minimum absolute atomic E-state index is 0.0748. The number of nitrogens with one attached hydrogen (secondary N) is 3. The molecule has 0 saturated heterocycles. The van der Waals surface area contributed by atoms with Gasteiger partial charge in [0.1, 0.15) is 12.1 Å². The highest BCUT2D eigenvalue weighted by atomic mass is 16.4. The molecule has 0 aromatic heterocycles. The van der Waals surface area contributed by atoms with Crippen LogP contribution in [0.25, 0.3) is 0 Å².